The van der Waals surface area contributed by atoms with Crippen LogP contribution in [-0.4, -0.2) is 78.6 Å². The molecule has 7 nitrogen and oxygen atoms in total. The Morgan fingerprint density at radius 2 is 1.88 bits per heavy atom. The number of benzene rings is 1. The molecule has 3 aromatic rings. The Morgan fingerprint density at radius 3 is 2.48 bits per heavy atom. The smallest absolute Gasteiger partial charge is 0.417 e. The number of ether oxygens (including phenoxy) is 1. The van der Waals surface area contributed by atoms with Crippen LogP contribution in [0.25, 0.3) is 15.7 Å². The number of methoxy groups -OCH3 is 1. The molecule has 2 aromatic heterocycles. The van der Waals surface area contributed by atoms with Gasteiger partial charge in [-0.25, -0.2) is 9.78 Å². The molecule has 0 N–H and O–H groups in total. The number of hydrogen-bond acceptors (Lipinski definition) is 7. The molecule has 5 rings (SSSR count). The van der Waals surface area contributed by atoms with Crippen molar-refractivity contribution >= 4 is 44.7 Å². The number of rotatable bonds is 5. The predicted octanol–water partition coefficient (Wildman–Crippen LogP) is 5.32. The van der Waals surface area contributed by atoms with Crippen LogP contribution in [0.4, 0.5) is 19.0 Å². The fourth-order valence-electron chi connectivity index (χ4n) is 5.51. The Morgan fingerprint density at radius 1 is 1.12 bits per heavy atom. The summed E-state index contributed by atoms with van der Waals surface area (Å²) >= 11 is 1.42. The number of thiophene rings is 1. The van der Waals surface area contributed by atoms with E-state index in [1.165, 1.54) is 24.5 Å². The molecule has 0 radical (unpaired) electrons. The van der Waals surface area contributed by atoms with Gasteiger partial charge in [0, 0.05) is 49.2 Å². The first kappa shape index (κ1) is 28.1. The molecule has 1 aromatic carbocycles. The third kappa shape index (κ3) is 5.71. The number of pyridine rings is 1. The highest BCUT2D eigenvalue weighted by Crippen LogP contribution is 2.35. The predicted molar refractivity (Wildman–Crippen MR) is 149 cm³/mol. The van der Waals surface area contributed by atoms with Crippen LogP contribution in [0, 0.1) is 0 Å². The van der Waals surface area contributed by atoms with Gasteiger partial charge in [0.05, 0.1) is 19.2 Å². The quantitative estimate of drug-likeness (QED) is 0.386. The van der Waals surface area contributed by atoms with Crippen molar-refractivity contribution in [3.63, 3.8) is 0 Å². The number of fused-ring (bicyclic) bond motifs is 1. The zero-order valence-corrected chi connectivity index (χ0v) is 23.4. The van der Waals surface area contributed by atoms with E-state index in [9.17, 15) is 22.8 Å². The fraction of sp³-hybridized carbons (Fsp3) is 0.414. The molecule has 0 bridgehead atoms. The summed E-state index contributed by atoms with van der Waals surface area (Å²) in [6.07, 6.45) is -0.736. The van der Waals surface area contributed by atoms with E-state index in [1.807, 2.05) is 41.8 Å². The lowest BCUT2D eigenvalue weighted by molar-refractivity contribution is -0.137. The summed E-state index contributed by atoms with van der Waals surface area (Å²) in [7, 11) is 1.38. The minimum atomic E-state index is -4.42. The molecule has 2 aliphatic rings. The third-order valence-corrected chi connectivity index (χ3v) is 8.82. The Bertz CT molecular complexity index is 1420. The van der Waals surface area contributed by atoms with Gasteiger partial charge in [0.2, 0.25) is 5.91 Å². The van der Waals surface area contributed by atoms with Gasteiger partial charge < -0.3 is 14.5 Å². The first-order valence-corrected chi connectivity index (χ1v) is 14.0. The van der Waals surface area contributed by atoms with Crippen molar-refractivity contribution in [3.05, 3.63) is 64.7 Å². The highest BCUT2D eigenvalue weighted by molar-refractivity contribution is 7.21. The van der Waals surface area contributed by atoms with Gasteiger partial charge in [-0.05, 0) is 55.0 Å². The van der Waals surface area contributed by atoms with Crippen LogP contribution >= 0.6 is 11.3 Å². The molecule has 0 unspecified atom stereocenters. The van der Waals surface area contributed by atoms with Gasteiger partial charge in [0.15, 0.2) is 0 Å². The molecule has 1 saturated heterocycles. The Balaban J connectivity index is 1.21. The van der Waals surface area contributed by atoms with Gasteiger partial charge in [-0.2, -0.15) is 13.2 Å². The van der Waals surface area contributed by atoms with Gasteiger partial charge in [-0.1, -0.05) is 24.3 Å². The lowest BCUT2D eigenvalue weighted by atomic mass is 9.98. The summed E-state index contributed by atoms with van der Waals surface area (Å²) in [5.74, 6) is 0.213. The number of nitrogens with zero attached hydrogens (tertiary/aromatic N) is 4. The number of piperazine rings is 1. The van der Waals surface area contributed by atoms with Crippen molar-refractivity contribution in [1.82, 2.24) is 14.8 Å². The van der Waals surface area contributed by atoms with E-state index >= 15 is 0 Å². The van der Waals surface area contributed by atoms with E-state index in [-0.39, 0.29) is 30.5 Å². The van der Waals surface area contributed by atoms with Crippen molar-refractivity contribution in [3.8, 4) is 0 Å². The molecule has 2 atom stereocenters. The van der Waals surface area contributed by atoms with Crippen LogP contribution in [0.3, 0.4) is 0 Å². The van der Waals surface area contributed by atoms with E-state index in [1.54, 1.807) is 0 Å². The second kappa shape index (κ2) is 11.2. The molecule has 40 heavy (non-hydrogen) atoms. The molecule has 2 aliphatic heterocycles. The molecular weight excluding hydrogens is 541 g/mol. The molecule has 4 heterocycles. The maximum absolute atomic E-state index is 13.3. The summed E-state index contributed by atoms with van der Waals surface area (Å²) in [5, 5.41) is 0.996. The van der Waals surface area contributed by atoms with Gasteiger partial charge >= 0.3 is 12.1 Å². The third-order valence-electron chi connectivity index (χ3n) is 7.66. The molecule has 1 fully saturated rings. The zero-order valence-electron chi connectivity index (χ0n) is 22.6. The molecule has 212 valence electrons. The lowest BCUT2D eigenvalue weighted by Crippen LogP contribution is -2.59. The minimum absolute atomic E-state index is 0.0214. The second-order valence-corrected chi connectivity index (χ2v) is 11.4. The van der Waals surface area contributed by atoms with Gasteiger partial charge in [-0.3, -0.25) is 9.69 Å². The molecule has 1 amide bonds. The topological polar surface area (TPSA) is 66.0 Å². The summed E-state index contributed by atoms with van der Waals surface area (Å²) in [6.45, 7) is 6.59. The second-order valence-electron chi connectivity index (χ2n) is 10.3. The van der Waals surface area contributed by atoms with Crippen molar-refractivity contribution in [2.24, 2.45) is 0 Å². The number of alkyl halides is 3. The molecule has 0 aliphatic carbocycles. The van der Waals surface area contributed by atoms with Crippen LogP contribution in [0.1, 0.15) is 41.1 Å². The first-order valence-electron chi connectivity index (χ1n) is 13.2. The monoisotopic (exact) mass is 572 g/mol. The summed E-state index contributed by atoms with van der Waals surface area (Å²) in [4.78, 5) is 35.9. The fourth-order valence-corrected chi connectivity index (χ4v) is 6.64. The van der Waals surface area contributed by atoms with Crippen LogP contribution in [-0.2, 0) is 15.7 Å². The Kier molecular flexibility index (Phi) is 7.87. The number of carbonyl (C=O) groups excluding carboxylic acids is 2. The zero-order chi connectivity index (χ0) is 28.6. The number of halogens is 3. The van der Waals surface area contributed by atoms with Gasteiger partial charge in [0.25, 0.3) is 0 Å². The first-order chi connectivity index (χ1) is 19.0. The average molecular weight is 573 g/mol. The number of amides is 1. The molecular formula is C29H31F3N4O3S. The summed E-state index contributed by atoms with van der Waals surface area (Å²) < 4.78 is 44.6. The van der Waals surface area contributed by atoms with Crippen molar-refractivity contribution in [2.45, 2.75) is 38.5 Å². The largest absolute Gasteiger partial charge is 0.465 e. The number of esters is 1. The molecule has 11 heteroatoms. The van der Waals surface area contributed by atoms with Crippen LogP contribution in [0.15, 0.2) is 48.7 Å². The van der Waals surface area contributed by atoms with E-state index in [0.717, 1.165) is 39.9 Å². The highest BCUT2D eigenvalue weighted by atomic mass is 32.1. The van der Waals surface area contributed by atoms with Crippen molar-refractivity contribution < 1.29 is 27.5 Å². The summed E-state index contributed by atoms with van der Waals surface area (Å²) in [5.41, 5.74) is 1.48. The van der Waals surface area contributed by atoms with Crippen molar-refractivity contribution in [1.29, 1.82) is 0 Å². The number of carbonyl (C=O) groups is 2. The van der Waals surface area contributed by atoms with Crippen LogP contribution in [0.2, 0.25) is 0 Å². The normalized spacial score (nSPS) is 20.5. The van der Waals surface area contributed by atoms with Crippen LogP contribution in [0.5, 0.6) is 0 Å². The lowest BCUT2D eigenvalue weighted by Gasteiger charge is -2.45. The van der Waals surface area contributed by atoms with E-state index < -0.39 is 11.7 Å². The summed E-state index contributed by atoms with van der Waals surface area (Å²) in [6, 6.07) is 10.4. The van der Waals surface area contributed by atoms with Gasteiger partial charge in [0.1, 0.15) is 10.7 Å². The maximum atomic E-state index is 13.3. The Hall–Kier alpha value is -3.44. The standard InChI is InChI=1S/C29H31F3N4O3S/c1-18-15-35(25-8-7-22(14-33-25)29(30,31)32)16-19(2)36(18)17-26(37)34-11-9-20(10-12-34)23-6-4-5-21-13-24(28(38)39-3)40-27(21)23/h4-9,13-14,18-19H,10-12,15-17H2,1-3H3/t18-,19+. The highest BCUT2D eigenvalue weighted by Gasteiger charge is 2.34. The number of aromatic nitrogens is 1. The molecule has 0 saturated carbocycles. The molecule has 0 spiro atoms. The Labute approximate surface area is 234 Å². The number of hydrogen-bond donors (Lipinski definition) is 0. The SMILES string of the molecule is COC(=O)c1cc2cccc(C3=CCN(C(=O)CN4[C@H](C)CN(c5ccc(C(F)(F)F)cn5)C[C@@H]4C)CC3)c2s1. The average Bonchev–Trinajstić information content (AvgIpc) is 3.39. The van der Waals surface area contributed by atoms with E-state index in [2.05, 4.69) is 22.0 Å². The van der Waals surface area contributed by atoms with Gasteiger partial charge in [-0.15, -0.1) is 11.3 Å². The van der Waals surface area contributed by atoms with E-state index in [0.29, 0.717) is 36.9 Å². The maximum Gasteiger partial charge on any atom is 0.417 e. The van der Waals surface area contributed by atoms with Crippen molar-refractivity contribution in [2.75, 3.05) is 44.7 Å². The number of anilines is 1. The van der Waals surface area contributed by atoms with Crippen LogP contribution < -0.4 is 4.90 Å². The van der Waals surface area contributed by atoms with E-state index in [4.69, 9.17) is 4.74 Å². The minimum Gasteiger partial charge on any atom is -0.465 e.